The lowest BCUT2D eigenvalue weighted by Gasteiger charge is -2.01. The van der Waals surface area contributed by atoms with Gasteiger partial charge in [0.05, 0.1) is 0 Å². The Labute approximate surface area is 99.5 Å². The number of guanidine groups is 2. The standard InChI is InChI=1S/C8H19N5.HNO3/c1-2-3-4-5-6-12-8(11)13-7(9)10;2-1(3)4/h2-6H2,1H3,(H6,9,10,11,12,13);(H,2,3,4). The Morgan fingerprint density at radius 2 is 2.00 bits per heavy atom. The van der Waals surface area contributed by atoms with Crippen LogP contribution in [0.2, 0.25) is 0 Å². The van der Waals surface area contributed by atoms with Crippen molar-refractivity contribution in [3.63, 3.8) is 0 Å². The molecule has 0 bridgehead atoms. The molecule has 0 aliphatic carbocycles. The zero-order valence-electron chi connectivity index (χ0n) is 9.85. The van der Waals surface area contributed by atoms with E-state index in [-0.39, 0.29) is 11.9 Å². The van der Waals surface area contributed by atoms with Crippen molar-refractivity contribution in [2.75, 3.05) is 6.54 Å². The van der Waals surface area contributed by atoms with Crippen LogP contribution in [0.5, 0.6) is 0 Å². The number of aliphatic imine (C=N–C) groups is 1. The molecule has 100 valence electrons. The molecule has 0 fully saturated rings. The van der Waals surface area contributed by atoms with Crippen molar-refractivity contribution in [1.29, 1.82) is 5.41 Å². The van der Waals surface area contributed by atoms with Crippen molar-refractivity contribution in [1.82, 2.24) is 5.32 Å². The van der Waals surface area contributed by atoms with Gasteiger partial charge in [0.25, 0.3) is 5.09 Å². The predicted octanol–water partition coefficient (Wildman–Crippen LogP) is 0.0168. The Morgan fingerprint density at radius 3 is 2.41 bits per heavy atom. The summed E-state index contributed by atoms with van der Waals surface area (Å²) in [6, 6.07) is 0. The number of unbranched alkanes of at least 4 members (excludes halogenated alkanes) is 3. The Kier molecular flexibility index (Phi) is 12.3. The largest absolute Gasteiger partial charge is 0.370 e. The first-order chi connectivity index (χ1) is 7.90. The molecule has 0 radical (unpaired) electrons. The molecule has 9 nitrogen and oxygen atoms in total. The lowest BCUT2D eigenvalue weighted by Crippen LogP contribution is -2.40. The molecule has 0 rings (SSSR count). The second kappa shape index (κ2) is 12.0. The van der Waals surface area contributed by atoms with Crippen LogP contribution in [0, 0.1) is 15.5 Å². The van der Waals surface area contributed by atoms with Crippen LogP contribution in [0.3, 0.4) is 0 Å². The highest BCUT2D eigenvalue weighted by Crippen LogP contribution is 1.98. The topological polar surface area (TPSA) is 164 Å². The monoisotopic (exact) mass is 248 g/mol. The molecule has 0 atom stereocenters. The van der Waals surface area contributed by atoms with Crippen LogP contribution in [-0.2, 0) is 0 Å². The number of hydrogen-bond acceptors (Lipinski definition) is 4. The minimum absolute atomic E-state index is 0.171. The van der Waals surface area contributed by atoms with Crippen molar-refractivity contribution in [2.45, 2.75) is 32.6 Å². The normalized spacial score (nSPS) is 10.1. The second-order valence-electron chi connectivity index (χ2n) is 3.10. The summed E-state index contributed by atoms with van der Waals surface area (Å²) in [5.74, 6) is 0.0545. The van der Waals surface area contributed by atoms with E-state index >= 15 is 0 Å². The van der Waals surface area contributed by atoms with E-state index in [1.165, 1.54) is 19.3 Å². The zero-order chi connectivity index (χ0) is 13.7. The molecule has 0 amide bonds. The van der Waals surface area contributed by atoms with E-state index in [2.05, 4.69) is 17.2 Å². The lowest BCUT2D eigenvalue weighted by molar-refractivity contribution is -0.742. The Balaban J connectivity index is 0. The SMILES string of the molecule is CCCCCCN=C(N)NC(=N)N.O=[N+]([O-])O. The van der Waals surface area contributed by atoms with Gasteiger partial charge in [-0.2, -0.15) is 0 Å². The molecule has 0 aliphatic heterocycles. The maximum absolute atomic E-state index is 8.36. The molecule has 0 aliphatic rings. The number of nitrogens with zero attached hydrogens (tertiary/aromatic N) is 2. The minimum Gasteiger partial charge on any atom is -0.370 e. The van der Waals surface area contributed by atoms with Gasteiger partial charge in [-0.15, -0.1) is 10.1 Å². The first-order valence-electron chi connectivity index (χ1n) is 5.14. The van der Waals surface area contributed by atoms with Gasteiger partial charge in [-0.25, -0.2) is 0 Å². The fraction of sp³-hybridized carbons (Fsp3) is 0.750. The first-order valence-corrected chi connectivity index (χ1v) is 5.14. The molecule has 0 saturated carbocycles. The van der Waals surface area contributed by atoms with E-state index in [1.807, 2.05) is 0 Å². The highest BCUT2D eigenvalue weighted by atomic mass is 16.9. The number of nitrogens with two attached hydrogens (primary N) is 2. The molecule has 9 heteroatoms. The summed E-state index contributed by atoms with van der Waals surface area (Å²) in [4.78, 5) is 12.4. The average molecular weight is 248 g/mol. The van der Waals surface area contributed by atoms with Gasteiger partial charge in [0.1, 0.15) is 0 Å². The molecule has 0 saturated heterocycles. The van der Waals surface area contributed by atoms with Gasteiger partial charge in [-0.3, -0.25) is 15.7 Å². The van der Waals surface area contributed by atoms with Gasteiger partial charge in [0.15, 0.2) is 11.9 Å². The number of nitrogens with one attached hydrogen (secondary N) is 2. The van der Waals surface area contributed by atoms with Crippen molar-refractivity contribution < 1.29 is 10.3 Å². The summed E-state index contributed by atoms with van der Waals surface area (Å²) < 4.78 is 0. The van der Waals surface area contributed by atoms with Crippen LogP contribution in [0.15, 0.2) is 4.99 Å². The van der Waals surface area contributed by atoms with Gasteiger partial charge in [-0.1, -0.05) is 26.2 Å². The van der Waals surface area contributed by atoms with Crippen LogP contribution in [0.1, 0.15) is 32.6 Å². The Morgan fingerprint density at radius 1 is 1.47 bits per heavy atom. The van der Waals surface area contributed by atoms with E-state index in [4.69, 9.17) is 32.2 Å². The van der Waals surface area contributed by atoms with Crippen molar-refractivity contribution in [3.05, 3.63) is 10.1 Å². The van der Waals surface area contributed by atoms with Crippen LogP contribution in [0.4, 0.5) is 0 Å². The van der Waals surface area contributed by atoms with Gasteiger partial charge in [0.2, 0.25) is 0 Å². The summed E-state index contributed by atoms with van der Waals surface area (Å²) in [5, 5.41) is 22.9. The van der Waals surface area contributed by atoms with Gasteiger partial charge < -0.3 is 16.7 Å². The highest BCUT2D eigenvalue weighted by molar-refractivity contribution is 5.95. The van der Waals surface area contributed by atoms with E-state index in [9.17, 15) is 0 Å². The van der Waals surface area contributed by atoms with E-state index in [0.29, 0.717) is 6.54 Å². The molecule has 0 aromatic heterocycles. The van der Waals surface area contributed by atoms with Crippen molar-refractivity contribution >= 4 is 11.9 Å². The first kappa shape index (κ1) is 17.3. The van der Waals surface area contributed by atoms with Crippen LogP contribution in [0.25, 0.3) is 0 Å². The fourth-order valence-corrected chi connectivity index (χ4v) is 0.916. The molecule has 17 heavy (non-hydrogen) atoms. The number of hydrogen-bond donors (Lipinski definition) is 5. The van der Waals surface area contributed by atoms with E-state index in [0.717, 1.165) is 6.42 Å². The maximum atomic E-state index is 8.36. The third-order valence-electron chi connectivity index (χ3n) is 1.56. The smallest absolute Gasteiger partial charge is 0.291 e. The quantitative estimate of drug-likeness (QED) is 0.151. The molecule has 0 unspecified atom stereocenters. The molecular formula is C8H20N6O3. The van der Waals surface area contributed by atoms with Crippen LogP contribution < -0.4 is 16.8 Å². The van der Waals surface area contributed by atoms with Crippen molar-refractivity contribution in [3.8, 4) is 0 Å². The Bertz CT molecular complexity index is 252. The molecule has 0 heterocycles. The second-order valence-corrected chi connectivity index (χ2v) is 3.10. The fourth-order valence-electron chi connectivity index (χ4n) is 0.916. The molecule has 7 N–H and O–H groups in total. The third kappa shape index (κ3) is 24.9. The maximum Gasteiger partial charge on any atom is 0.291 e. The van der Waals surface area contributed by atoms with Gasteiger partial charge in [0, 0.05) is 6.54 Å². The lowest BCUT2D eigenvalue weighted by atomic mass is 10.2. The number of rotatable bonds is 5. The van der Waals surface area contributed by atoms with Gasteiger partial charge >= 0.3 is 0 Å². The van der Waals surface area contributed by atoms with Gasteiger partial charge in [-0.05, 0) is 6.42 Å². The van der Waals surface area contributed by atoms with E-state index in [1.54, 1.807) is 0 Å². The highest BCUT2D eigenvalue weighted by Gasteiger charge is 1.91. The van der Waals surface area contributed by atoms with Crippen LogP contribution >= 0.6 is 0 Å². The summed E-state index contributed by atoms with van der Waals surface area (Å²) in [6.07, 6.45) is 4.65. The average Bonchev–Trinajstić information content (AvgIpc) is 2.15. The predicted molar refractivity (Wildman–Crippen MR) is 64.5 cm³/mol. The molecule has 0 spiro atoms. The zero-order valence-corrected chi connectivity index (χ0v) is 9.85. The van der Waals surface area contributed by atoms with Crippen LogP contribution in [-0.4, -0.2) is 28.8 Å². The van der Waals surface area contributed by atoms with E-state index < -0.39 is 5.09 Å². The summed E-state index contributed by atoms with van der Waals surface area (Å²) >= 11 is 0. The molecular weight excluding hydrogens is 228 g/mol. The third-order valence-corrected chi connectivity index (χ3v) is 1.56. The summed E-state index contributed by atoms with van der Waals surface area (Å²) in [5.41, 5.74) is 10.5. The summed E-state index contributed by atoms with van der Waals surface area (Å²) in [7, 11) is 0. The minimum atomic E-state index is -1.50. The van der Waals surface area contributed by atoms with Crippen molar-refractivity contribution in [2.24, 2.45) is 16.5 Å². The molecule has 0 aromatic carbocycles. The molecule has 0 aromatic rings. The summed E-state index contributed by atoms with van der Waals surface area (Å²) in [6.45, 7) is 2.86. The Hall–Kier alpha value is -2.06.